The summed E-state index contributed by atoms with van der Waals surface area (Å²) in [6.07, 6.45) is 7.50. The monoisotopic (exact) mass is 758 g/mol. The van der Waals surface area contributed by atoms with Crippen LogP contribution in [0.5, 0.6) is 0 Å². The first-order valence-corrected chi connectivity index (χ1v) is 19.6. The number of anilines is 1. The Morgan fingerprint density at radius 3 is 1.51 bits per heavy atom. The first-order valence-electron chi connectivity index (χ1n) is 19.6. The number of nitrogens with one attached hydrogen (secondary N) is 2. The first-order chi connectivity index (χ1) is 29.0. The molecule has 10 aromatic rings. The Morgan fingerprint density at radius 1 is 0.424 bits per heavy atom. The van der Waals surface area contributed by atoms with Gasteiger partial charge >= 0.3 is 0 Å². The van der Waals surface area contributed by atoms with Crippen molar-refractivity contribution in [3.63, 3.8) is 0 Å². The molecule has 3 heterocycles. The van der Waals surface area contributed by atoms with Gasteiger partial charge in [0.1, 0.15) is 0 Å². The summed E-state index contributed by atoms with van der Waals surface area (Å²) in [4.78, 5) is 4.05. The zero-order chi connectivity index (χ0) is 39.9. The highest BCUT2D eigenvalue weighted by molar-refractivity contribution is 6.61. The Hall–Kier alpha value is -8.09. The molecule has 280 valence electrons. The second-order valence-corrected chi connectivity index (χ2v) is 14.7. The van der Waals surface area contributed by atoms with Crippen molar-refractivity contribution in [2.45, 2.75) is 0 Å². The number of hydrogen-bond acceptors (Lipinski definition) is 4. The second kappa shape index (κ2) is 14.8. The van der Waals surface area contributed by atoms with Crippen molar-refractivity contribution in [2.24, 2.45) is 0 Å². The molecule has 6 heteroatoms. The quantitative estimate of drug-likeness (QED) is 0.120. The maximum absolute atomic E-state index is 8.94. The molecule has 0 saturated heterocycles. The van der Waals surface area contributed by atoms with Crippen molar-refractivity contribution in [3.05, 3.63) is 218 Å². The van der Waals surface area contributed by atoms with Crippen LogP contribution >= 0.6 is 0 Å². The summed E-state index contributed by atoms with van der Waals surface area (Å²) in [6.45, 7) is 0. The molecule has 3 aromatic heterocycles. The van der Waals surface area contributed by atoms with Crippen LogP contribution in [0.2, 0.25) is 0 Å². The third-order valence-corrected chi connectivity index (χ3v) is 11.1. The molecule has 6 nitrogen and oxygen atoms in total. The number of allylic oxidation sites excluding steroid dienone is 4. The Kier molecular flexibility index (Phi) is 8.84. The smallest absolute Gasteiger partial charge is 0.0867 e. The fourth-order valence-electron chi connectivity index (χ4n) is 8.25. The van der Waals surface area contributed by atoms with Crippen molar-refractivity contribution in [2.75, 3.05) is 5.73 Å². The van der Waals surface area contributed by atoms with E-state index in [1.807, 2.05) is 60.8 Å². The van der Waals surface area contributed by atoms with Crippen LogP contribution in [-0.2, 0) is 0 Å². The van der Waals surface area contributed by atoms with E-state index < -0.39 is 0 Å². The van der Waals surface area contributed by atoms with E-state index in [1.165, 1.54) is 5.39 Å². The van der Waals surface area contributed by atoms with E-state index in [-0.39, 0.29) is 11.4 Å². The summed E-state index contributed by atoms with van der Waals surface area (Å²) in [5.74, 6) is 0. The molecule has 0 saturated carbocycles. The van der Waals surface area contributed by atoms with Crippen LogP contribution in [0.15, 0.2) is 207 Å². The Balaban J connectivity index is 0.000000276. The molecular weight excluding hydrogens is 721 g/mol. The topological polar surface area (TPSA) is 96.5 Å². The minimum Gasteiger partial charge on any atom is -0.399 e. The number of benzene rings is 7. The van der Waals surface area contributed by atoms with E-state index in [2.05, 4.69) is 154 Å². The third kappa shape index (κ3) is 6.39. The molecule has 0 spiro atoms. The van der Waals surface area contributed by atoms with E-state index in [0.29, 0.717) is 0 Å². The standard InChI is InChI=1S/C42H28N4.C11H10N2/c43-37-26-29(27-19-21-40-35(23-27)32-15-7-9-17-38(32)45(40)30-11-3-1-4-12-30)25-34(42(37)44)28-20-22-41-36(24-28)33-16-8-10-18-39(33)46(41)31-13-5-2-6-14-31;12-11-5-3-9(4-6-11)10-2-1-7-13-8-10/h1-26,43-44H;1-8H,12H2. The molecular formula is C53H38N6. The van der Waals surface area contributed by atoms with Gasteiger partial charge in [0.25, 0.3) is 0 Å². The normalized spacial score (nSPS) is 12.7. The summed E-state index contributed by atoms with van der Waals surface area (Å²) in [6, 6.07) is 62.6. The highest BCUT2D eigenvalue weighted by Gasteiger charge is 2.21. The average molecular weight is 759 g/mol. The lowest BCUT2D eigenvalue weighted by atomic mass is 9.87. The molecule has 7 aromatic carbocycles. The van der Waals surface area contributed by atoms with Gasteiger partial charge in [0.05, 0.1) is 33.5 Å². The maximum atomic E-state index is 8.94. The number of nitrogen functional groups attached to an aromatic ring is 1. The summed E-state index contributed by atoms with van der Waals surface area (Å²) in [7, 11) is 0. The molecule has 0 atom stereocenters. The lowest BCUT2D eigenvalue weighted by molar-refractivity contribution is 1.18. The van der Waals surface area contributed by atoms with Crippen molar-refractivity contribution in [3.8, 4) is 22.5 Å². The number of rotatable bonds is 5. The van der Waals surface area contributed by atoms with Gasteiger partial charge in [-0.05, 0) is 119 Å². The van der Waals surface area contributed by atoms with Crippen LogP contribution in [0, 0.1) is 10.8 Å². The SMILES string of the molecule is N=C1C=C(c2ccc3c(c2)c2ccccc2n3-c2ccccc2)C=C(c2ccc3c(c2)c2ccccc2n3-c2ccccc2)C1=N.Nc1ccc(-c2cccnc2)cc1. The number of fused-ring (bicyclic) bond motifs is 6. The van der Waals surface area contributed by atoms with E-state index in [4.69, 9.17) is 16.6 Å². The van der Waals surface area contributed by atoms with Crippen LogP contribution in [0.25, 0.3) is 77.3 Å². The van der Waals surface area contributed by atoms with Crippen LogP contribution in [0.3, 0.4) is 0 Å². The summed E-state index contributed by atoms with van der Waals surface area (Å²) in [5, 5.41) is 22.4. The number of hydrogen-bond donors (Lipinski definition) is 3. The van der Waals surface area contributed by atoms with Gasteiger partial charge in [0.15, 0.2) is 0 Å². The lowest BCUT2D eigenvalue weighted by Gasteiger charge is -2.17. The molecule has 59 heavy (non-hydrogen) atoms. The van der Waals surface area contributed by atoms with Gasteiger partial charge in [0.2, 0.25) is 0 Å². The predicted octanol–water partition coefficient (Wildman–Crippen LogP) is 12.7. The zero-order valence-electron chi connectivity index (χ0n) is 32.0. The molecule has 0 amide bonds. The summed E-state index contributed by atoms with van der Waals surface area (Å²) < 4.78 is 4.60. The Morgan fingerprint density at radius 2 is 0.932 bits per heavy atom. The molecule has 11 rings (SSSR count). The highest BCUT2D eigenvalue weighted by Crippen LogP contribution is 2.38. The first kappa shape index (κ1) is 35.3. The Labute approximate surface area is 341 Å². The van der Waals surface area contributed by atoms with Gasteiger partial charge < -0.3 is 14.9 Å². The fraction of sp³-hybridized carbons (Fsp3) is 0. The number of nitrogens with two attached hydrogens (primary N) is 1. The van der Waals surface area contributed by atoms with Gasteiger partial charge in [0, 0.05) is 56.6 Å². The van der Waals surface area contributed by atoms with Crippen molar-refractivity contribution < 1.29 is 0 Å². The van der Waals surface area contributed by atoms with Gasteiger partial charge in [-0.25, -0.2) is 0 Å². The molecule has 4 N–H and O–H groups in total. The van der Waals surface area contributed by atoms with Crippen LogP contribution in [0.4, 0.5) is 5.69 Å². The third-order valence-electron chi connectivity index (χ3n) is 11.1. The second-order valence-electron chi connectivity index (χ2n) is 14.7. The number of nitrogens with zero attached hydrogens (tertiary/aromatic N) is 3. The predicted molar refractivity (Wildman–Crippen MR) is 247 cm³/mol. The van der Waals surface area contributed by atoms with Crippen LogP contribution in [-0.4, -0.2) is 25.5 Å². The molecule has 1 aliphatic rings. The molecule has 0 aliphatic heterocycles. The Bertz CT molecular complexity index is 3280. The van der Waals surface area contributed by atoms with Crippen molar-refractivity contribution in [1.29, 1.82) is 10.8 Å². The largest absolute Gasteiger partial charge is 0.399 e. The number of pyridine rings is 1. The van der Waals surface area contributed by atoms with Gasteiger partial charge in [-0.15, -0.1) is 0 Å². The van der Waals surface area contributed by atoms with Gasteiger partial charge in [-0.3, -0.25) is 15.8 Å². The minimum absolute atomic E-state index is 0.214. The number of aromatic nitrogens is 3. The van der Waals surface area contributed by atoms with E-state index in [0.717, 1.165) is 88.7 Å². The van der Waals surface area contributed by atoms with Gasteiger partial charge in [-0.1, -0.05) is 103 Å². The molecule has 0 unspecified atom stereocenters. The number of para-hydroxylation sites is 4. The lowest BCUT2D eigenvalue weighted by Crippen LogP contribution is -2.15. The van der Waals surface area contributed by atoms with E-state index in [9.17, 15) is 0 Å². The van der Waals surface area contributed by atoms with Gasteiger partial charge in [-0.2, -0.15) is 0 Å². The minimum atomic E-state index is 0.214. The zero-order valence-corrected chi connectivity index (χ0v) is 32.0. The average Bonchev–Trinajstić information content (AvgIpc) is 3.81. The fourth-order valence-corrected chi connectivity index (χ4v) is 8.25. The van der Waals surface area contributed by atoms with Crippen LogP contribution in [0.1, 0.15) is 11.1 Å². The molecule has 0 fully saturated rings. The molecule has 0 bridgehead atoms. The summed E-state index contributed by atoms with van der Waals surface area (Å²) in [5.41, 5.74) is 19.5. The maximum Gasteiger partial charge on any atom is 0.0867 e. The molecule has 1 aliphatic carbocycles. The van der Waals surface area contributed by atoms with E-state index in [1.54, 1.807) is 6.20 Å². The van der Waals surface area contributed by atoms with Crippen LogP contribution < -0.4 is 5.73 Å². The van der Waals surface area contributed by atoms with Crippen molar-refractivity contribution in [1.82, 2.24) is 14.1 Å². The highest BCUT2D eigenvalue weighted by atomic mass is 15.0. The molecule has 0 radical (unpaired) electrons. The van der Waals surface area contributed by atoms with Crippen molar-refractivity contribution >= 4 is 71.9 Å². The van der Waals surface area contributed by atoms with E-state index >= 15 is 0 Å². The summed E-state index contributed by atoms with van der Waals surface area (Å²) >= 11 is 0.